The van der Waals surface area contributed by atoms with E-state index in [0.29, 0.717) is 12.4 Å². The van der Waals surface area contributed by atoms with Gasteiger partial charge in [0.15, 0.2) is 0 Å². The Balaban J connectivity index is 2.08. The van der Waals surface area contributed by atoms with Gasteiger partial charge in [-0.2, -0.15) is 8.78 Å². The molecule has 6 heteroatoms. The van der Waals surface area contributed by atoms with Gasteiger partial charge in [-0.1, -0.05) is 30.0 Å². The summed E-state index contributed by atoms with van der Waals surface area (Å²) in [5.74, 6) is 0.545. The highest BCUT2D eigenvalue weighted by molar-refractivity contribution is 14.1. The molecular weight excluding hydrogens is 439 g/mol. The third-order valence-electron chi connectivity index (χ3n) is 3.47. The molecule has 0 saturated carbocycles. The number of hydrogen-bond donors (Lipinski definition) is 0. The highest BCUT2D eigenvalue weighted by Gasteiger charge is 2.30. The van der Waals surface area contributed by atoms with E-state index in [2.05, 4.69) is 11.0 Å². The Morgan fingerprint density at radius 1 is 1.09 bits per heavy atom. The molecule has 0 amide bonds. The zero-order chi connectivity index (χ0) is 15.7. The molecule has 1 nitrogen and oxygen atoms in total. The maximum atomic E-state index is 13.6. The zero-order valence-electron chi connectivity index (χ0n) is 11.5. The zero-order valence-corrected chi connectivity index (χ0v) is 15.3. The summed E-state index contributed by atoms with van der Waals surface area (Å²) < 4.78 is 24.4. The standard InChI is InChI=1S/C16H13ClF2INS/c17-8-3-9-21-12-4-1-2-5-14(12)22-15-7-6-11(10-13(15)21)16(18,19)20/h1-2,4-7,10H,3,8-9H2. The lowest BCUT2D eigenvalue weighted by atomic mass is 10.1. The van der Waals surface area contributed by atoms with Gasteiger partial charge in [0.1, 0.15) is 0 Å². The Kier molecular flexibility index (Phi) is 4.85. The first-order chi connectivity index (χ1) is 10.5. The fraction of sp³-hybridized carbons (Fsp3) is 0.250. The first kappa shape index (κ1) is 16.3. The highest BCUT2D eigenvalue weighted by Crippen LogP contribution is 2.49. The Labute approximate surface area is 151 Å². The van der Waals surface area contributed by atoms with Crippen molar-refractivity contribution in [3.63, 3.8) is 0 Å². The quantitative estimate of drug-likeness (QED) is 0.391. The Hall–Kier alpha value is -0.530. The van der Waals surface area contributed by atoms with E-state index in [1.54, 1.807) is 23.9 Å². The van der Waals surface area contributed by atoms with Crippen LogP contribution in [0.1, 0.15) is 12.0 Å². The summed E-state index contributed by atoms with van der Waals surface area (Å²) in [6.07, 6.45) is 0.796. The van der Waals surface area contributed by atoms with Crippen molar-refractivity contribution >= 4 is 57.3 Å². The lowest BCUT2D eigenvalue weighted by molar-refractivity contribution is 0.127. The molecule has 1 aliphatic heterocycles. The van der Waals surface area contributed by atoms with E-state index >= 15 is 0 Å². The first-order valence-electron chi connectivity index (χ1n) is 6.82. The number of alkyl halides is 4. The topological polar surface area (TPSA) is 3.24 Å². The van der Waals surface area contributed by atoms with Gasteiger partial charge < -0.3 is 4.90 Å². The van der Waals surface area contributed by atoms with Crippen LogP contribution in [-0.4, -0.2) is 12.4 Å². The molecule has 0 unspecified atom stereocenters. The van der Waals surface area contributed by atoms with E-state index in [1.807, 2.05) is 18.2 Å². The molecule has 2 aromatic rings. The third kappa shape index (κ3) is 3.21. The van der Waals surface area contributed by atoms with E-state index in [1.165, 1.54) is 28.7 Å². The second-order valence-corrected chi connectivity index (χ2v) is 7.76. The normalized spacial score (nSPS) is 13.7. The SMILES string of the molecule is FC(F)(I)c1ccc2c(c1)N(CCCCl)c1ccccc1S2. The minimum absolute atomic E-state index is 0.0303. The highest BCUT2D eigenvalue weighted by atomic mass is 127. The van der Waals surface area contributed by atoms with Crippen molar-refractivity contribution in [1.82, 2.24) is 0 Å². The van der Waals surface area contributed by atoms with E-state index < -0.39 is 3.93 Å². The molecule has 0 aromatic heterocycles. The van der Waals surface area contributed by atoms with Crippen molar-refractivity contribution in [2.24, 2.45) is 0 Å². The summed E-state index contributed by atoms with van der Waals surface area (Å²) >= 11 is 8.62. The van der Waals surface area contributed by atoms with Gasteiger partial charge in [-0.15, -0.1) is 11.6 Å². The second-order valence-electron chi connectivity index (χ2n) is 4.94. The fourth-order valence-electron chi connectivity index (χ4n) is 2.46. The molecule has 1 aliphatic rings. The number of halogens is 4. The molecule has 1 heterocycles. The van der Waals surface area contributed by atoms with Crippen LogP contribution in [-0.2, 0) is 3.93 Å². The molecule has 2 aromatic carbocycles. The molecule has 0 saturated heterocycles. The molecule has 0 bridgehead atoms. The smallest absolute Gasteiger partial charge is 0.321 e. The van der Waals surface area contributed by atoms with Crippen LogP contribution in [0.2, 0.25) is 0 Å². The average molecular weight is 452 g/mol. The summed E-state index contributed by atoms with van der Waals surface area (Å²) in [7, 11) is 0. The summed E-state index contributed by atoms with van der Waals surface area (Å²) in [6, 6.07) is 12.9. The maximum Gasteiger partial charge on any atom is 0.321 e. The number of hydrogen-bond acceptors (Lipinski definition) is 2. The van der Waals surface area contributed by atoms with Crippen molar-refractivity contribution in [2.75, 3.05) is 17.3 Å². The van der Waals surface area contributed by atoms with Crippen molar-refractivity contribution in [3.05, 3.63) is 48.0 Å². The number of rotatable bonds is 4. The molecule has 0 N–H and O–H groups in total. The predicted molar refractivity (Wildman–Crippen MR) is 97.3 cm³/mol. The molecular formula is C16H13ClF2INS. The van der Waals surface area contributed by atoms with Gasteiger partial charge in [-0.05, 0) is 30.7 Å². The van der Waals surface area contributed by atoms with Crippen LogP contribution in [0.4, 0.5) is 20.2 Å². The summed E-state index contributed by atoms with van der Waals surface area (Å²) in [5.41, 5.74) is 1.92. The predicted octanol–water partition coefficient (Wildman–Crippen LogP) is 6.40. The molecule has 0 spiro atoms. The average Bonchev–Trinajstić information content (AvgIpc) is 2.50. The van der Waals surface area contributed by atoms with E-state index in [-0.39, 0.29) is 5.56 Å². The van der Waals surface area contributed by atoms with Crippen LogP contribution in [0.15, 0.2) is 52.3 Å². The number of anilines is 2. The van der Waals surface area contributed by atoms with Gasteiger partial charge in [0, 0.05) is 50.4 Å². The van der Waals surface area contributed by atoms with Gasteiger partial charge in [-0.3, -0.25) is 0 Å². The molecule has 0 aliphatic carbocycles. The van der Waals surface area contributed by atoms with Crippen LogP contribution in [0.3, 0.4) is 0 Å². The second kappa shape index (κ2) is 6.53. The van der Waals surface area contributed by atoms with E-state index in [4.69, 9.17) is 11.6 Å². The van der Waals surface area contributed by atoms with Gasteiger partial charge in [0.25, 0.3) is 0 Å². The van der Waals surface area contributed by atoms with Crippen LogP contribution >= 0.6 is 46.0 Å². The van der Waals surface area contributed by atoms with Crippen molar-refractivity contribution < 1.29 is 8.78 Å². The number of benzene rings is 2. The van der Waals surface area contributed by atoms with Gasteiger partial charge in [-0.25, -0.2) is 0 Å². The molecule has 0 radical (unpaired) electrons. The minimum atomic E-state index is -2.87. The largest absolute Gasteiger partial charge is 0.340 e. The lowest BCUT2D eigenvalue weighted by Gasteiger charge is -2.33. The molecule has 3 rings (SSSR count). The number of para-hydroxylation sites is 1. The maximum absolute atomic E-state index is 13.6. The molecule has 116 valence electrons. The summed E-state index contributed by atoms with van der Waals surface area (Å²) in [6.45, 7) is 0.713. The Morgan fingerprint density at radius 2 is 1.82 bits per heavy atom. The lowest BCUT2D eigenvalue weighted by Crippen LogP contribution is -2.22. The first-order valence-corrected chi connectivity index (χ1v) is 9.25. The molecule has 22 heavy (non-hydrogen) atoms. The fourth-order valence-corrected chi connectivity index (χ4v) is 4.00. The monoisotopic (exact) mass is 451 g/mol. The molecule has 0 fully saturated rings. The van der Waals surface area contributed by atoms with Gasteiger partial charge in [0.05, 0.1) is 11.4 Å². The van der Waals surface area contributed by atoms with Crippen molar-refractivity contribution in [2.45, 2.75) is 20.1 Å². The number of nitrogens with zero attached hydrogens (tertiary/aromatic N) is 1. The van der Waals surface area contributed by atoms with Crippen molar-refractivity contribution in [1.29, 1.82) is 0 Å². The minimum Gasteiger partial charge on any atom is -0.340 e. The van der Waals surface area contributed by atoms with Crippen LogP contribution in [0.25, 0.3) is 0 Å². The van der Waals surface area contributed by atoms with Crippen molar-refractivity contribution in [3.8, 4) is 0 Å². The van der Waals surface area contributed by atoms with E-state index in [9.17, 15) is 8.78 Å². The Bertz CT molecular complexity index is 690. The molecule has 0 atom stereocenters. The number of fused-ring (bicyclic) bond motifs is 2. The van der Waals surface area contributed by atoms with E-state index in [0.717, 1.165) is 27.6 Å². The van der Waals surface area contributed by atoms with Crippen LogP contribution in [0.5, 0.6) is 0 Å². The summed E-state index contributed by atoms with van der Waals surface area (Å²) in [5, 5.41) is 0. The third-order valence-corrected chi connectivity index (χ3v) is 5.49. The Morgan fingerprint density at radius 3 is 2.55 bits per heavy atom. The summed E-state index contributed by atoms with van der Waals surface area (Å²) in [4.78, 5) is 4.23. The van der Waals surface area contributed by atoms with Crippen LogP contribution < -0.4 is 4.90 Å². The van der Waals surface area contributed by atoms with Gasteiger partial charge in [0.2, 0.25) is 0 Å². The van der Waals surface area contributed by atoms with Gasteiger partial charge >= 0.3 is 3.93 Å². The van der Waals surface area contributed by atoms with Crippen LogP contribution in [0, 0.1) is 0 Å².